The van der Waals surface area contributed by atoms with Crippen LogP contribution in [0.4, 0.5) is 19.7 Å². The van der Waals surface area contributed by atoms with Crippen LogP contribution in [0.2, 0.25) is 0 Å². The fourth-order valence-corrected chi connectivity index (χ4v) is 4.85. The summed E-state index contributed by atoms with van der Waals surface area (Å²) in [5.41, 5.74) is 1.39. The second kappa shape index (κ2) is 13.7. The summed E-state index contributed by atoms with van der Waals surface area (Å²) in [5.74, 6) is -0.326. The smallest absolute Gasteiger partial charge is 0.410 e. The lowest BCUT2D eigenvalue weighted by molar-refractivity contribution is -0.118. The van der Waals surface area contributed by atoms with Gasteiger partial charge in [0.2, 0.25) is 5.91 Å². The number of hydrogen-bond acceptors (Lipinski definition) is 5. The molecule has 2 N–H and O–H groups in total. The first-order valence-corrected chi connectivity index (χ1v) is 15.2. The van der Waals surface area contributed by atoms with Gasteiger partial charge in [0.05, 0.1) is 18.2 Å². The first kappa shape index (κ1) is 30.3. The zero-order chi connectivity index (χ0) is 28.6. The SMILES string of the molecule is C[S+](C)CC[C@H](NC(=O)OCc1ccccc1)C(=O)Nc1ccc2c(c1F)CCCN(C(=O)OC(C)(C)C)C2. The van der Waals surface area contributed by atoms with Crippen molar-refractivity contribution in [2.24, 2.45) is 0 Å². The highest BCUT2D eigenvalue weighted by atomic mass is 32.2. The number of nitrogens with one attached hydrogen (secondary N) is 2. The number of nitrogens with zero attached hydrogens (tertiary/aromatic N) is 1. The van der Waals surface area contributed by atoms with Crippen LogP contribution in [0.3, 0.4) is 0 Å². The number of carbonyl (C=O) groups is 3. The zero-order valence-corrected chi connectivity index (χ0v) is 24.2. The summed E-state index contributed by atoms with van der Waals surface area (Å²) in [7, 11) is 0.0418. The molecule has 0 saturated heterocycles. The van der Waals surface area contributed by atoms with Gasteiger partial charge in [0, 0.05) is 19.5 Å². The van der Waals surface area contributed by atoms with Crippen LogP contribution in [0, 0.1) is 5.82 Å². The Morgan fingerprint density at radius 3 is 2.49 bits per heavy atom. The number of rotatable bonds is 8. The third-order valence-electron chi connectivity index (χ3n) is 6.10. The Morgan fingerprint density at radius 1 is 1.10 bits per heavy atom. The lowest BCUT2D eigenvalue weighted by Crippen LogP contribution is -2.45. The number of fused-ring (bicyclic) bond motifs is 1. The quantitative estimate of drug-likeness (QED) is 0.443. The molecule has 0 radical (unpaired) electrons. The maximum absolute atomic E-state index is 15.6. The fourth-order valence-electron chi connectivity index (χ4n) is 4.14. The molecule has 1 aliphatic heterocycles. The van der Waals surface area contributed by atoms with Crippen molar-refractivity contribution in [2.45, 2.75) is 64.8 Å². The Hall–Kier alpha value is -3.27. The number of amides is 3. The standard InChI is InChI=1S/C29H38FN3O5S/c1-29(2,3)38-28(36)33-16-9-12-22-21(18-33)13-14-23(25(22)30)31-26(34)24(15-17-39(4)5)32-27(35)37-19-20-10-7-6-8-11-20/h6-8,10-11,13-14,24H,9,12,15-19H2,1-5H3,(H-,31,32,34,35)/p+1/t24-/m0/s1. The molecule has 0 bridgehead atoms. The number of anilines is 1. The predicted octanol–water partition coefficient (Wildman–Crippen LogP) is 5.01. The fraction of sp³-hybridized carbons (Fsp3) is 0.483. The van der Waals surface area contributed by atoms with Gasteiger partial charge in [-0.25, -0.2) is 14.0 Å². The van der Waals surface area contributed by atoms with Gasteiger partial charge in [0.15, 0.2) is 0 Å². The van der Waals surface area contributed by atoms with E-state index in [1.807, 2.05) is 30.3 Å². The normalized spacial score (nSPS) is 14.2. The van der Waals surface area contributed by atoms with E-state index in [0.717, 1.165) is 5.56 Å². The van der Waals surface area contributed by atoms with Crippen molar-refractivity contribution in [3.8, 4) is 0 Å². The van der Waals surface area contributed by atoms with E-state index >= 15 is 4.39 Å². The van der Waals surface area contributed by atoms with Crippen molar-refractivity contribution < 1.29 is 28.2 Å². The largest absolute Gasteiger partial charge is 0.445 e. The lowest BCUT2D eigenvalue weighted by Gasteiger charge is -2.26. The topological polar surface area (TPSA) is 97.0 Å². The lowest BCUT2D eigenvalue weighted by atomic mass is 10.0. The van der Waals surface area contributed by atoms with E-state index in [2.05, 4.69) is 23.1 Å². The zero-order valence-electron chi connectivity index (χ0n) is 23.3. The average molecular weight is 561 g/mol. The minimum absolute atomic E-state index is 0.0418. The second-order valence-electron chi connectivity index (χ2n) is 10.8. The van der Waals surface area contributed by atoms with Gasteiger partial charge in [-0.05, 0) is 67.3 Å². The summed E-state index contributed by atoms with van der Waals surface area (Å²) in [6, 6.07) is 11.6. The molecule has 3 rings (SSSR count). The molecule has 0 aromatic heterocycles. The third kappa shape index (κ3) is 9.45. The van der Waals surface area contributed by atoms with Crippen molar-refractivity contribution in [3.05, 3.63) is 65.0 Å². The molecule has 1 aliphatic rings. The molecule has 39 heavy (non-hydrogen) atoms. The molecule has 1 atom stereocenters. The van der Waals surface area contributed by atoms with Crippen LogP contribution in [0.1, 0.15) is 50.3 Å². The van der Waals surface area contributed by atoms with Crippen molar-refractivity contribution >= 4 is 34.7 Å². The Labute approximate surface area is 233 Å². The molecule has 0 saturated carbocycles. The van der Waals surface area contributed by atoms with Gasteiger partial charge >= 0.3 is 12.2 Å². The minimum atomic E-state index is -0.885. The predicted molar refractivity (Wildman–Crippen MR) is 152 cm³/mol. The van der Waals surface area contributed by atoms with Crippen LogP contribution in [0.25, 0.3) is 0 Å². The number of hydrogen-bond donors (Lipinski definition) is 2. The number of halogens is 1. The van der Waals surface area contributed by atoms with Crippen molar-refractivity contribution in [1.82, 2.24) is 10.2 Å². The highest BCUT2D eigenvalue weighted by molar-refractivity contribution is 7.95. The molecular weight excluding hydrogens is 521 g/mol. The number of ether oxygens (including phenoxy) is 2. The van der Waals surface area contributed by atoms with E-state index in [-0.39, 0.29) is 29.7 Å². The molecule has 2 aromatic carbocycles. The van der Waals surface area contributed by atoms with E-state index in [9.17, 15) is 14.4 Å². The van der Waals surface area contributed by atoms with Gasteiger partial charge in [-0.3, -0.25) is 4.79 Å². The molecule has 0 aliphatic carbocycles. The monoisotopic (exact) mass is 560 g/mol. The Kier molecular flexibility index (Phi) is 10.6. The van der Waals surface area contributed by atoms with Crippen LogP contribution in [0.15, 0.2) is 42.5 Å². The molecule has 1 heterocycles. The number of carbonyl (C=O) groups excluding carboxylic acids is 3. The van der Waals surface area contributed by atoms with E-state index in [4.69, 9.17) is 9.47 Å². The summed E-state index contributed by atoms with van der Waals surface area (Å²) < 4.78 is 26.4. The van der Waals surface area contributed by atoms with Gasteiger partial charge in [0.25, 0.3) is 0 Å². The molecule has 8 nitrogen and oxygen atoms in total. The van der Waals surface area contributed by atoms with Gasteiger partial charge in [0.1, 0.15) is 29.8 Å². The van der Waals surface area contributed by atoms with Crippen LogP contribution >= 0.6 is 0 Å². The van der Waals surface area contributed by atoms with Crippen molar-refractivity contribution in [3.63, 3.8) is 0 Å². The van der Waals surface area contributed by atoms with Gasteiger partial charge in [-0.2, -0.15) is 0 Å². The van der Waals surface area contributed by atoms with Crippen LogP contribution in [-0.4, -0.2) is 59.4 Å². The highest BCUT2D eigenvalue weighted by Gasteiger charge is 2.28. The van der Waals surface area contributed by atoms with E-state index in [0.29, 0.717) is 42.7 Å². The minimum Gasteiger partial charge on any atom is -0.445 e. The van der Waals surface area contributed by atoms with E-state index in [1.165, 1.54) is 6.07 Å². The number of benzene rings is 2. The summed E-state index contributed by atoms with van der Waals surface area (Å²) in [6.07, 6.45) is 4.33. The maximum atomic E-state index is 15.6. The number of alkyl carbamates (subject to hydrolysis) is 1. The molecule has 0 fully saturated rings. The molecule has 0 spiro atoms. The second-order valence-corrected chi connectivity index (χ2v) is 13.2. The first-order chi connectivity index (χ1) is 18.4. The van der Waals surface area contributed by atoms with Crippen LogP contribution in [0.5, 0.6) is 0 Å². The summed E-state index contributed by atoms with van der Waals surface area (Å²) in [5, 5.41) is 5.30. The molecule has 212 valence electrons. The highest BCUT2D eigenvalue weighted by Crippen LogP contribution is 2.28. The summed E-state index contributed by atoms with van der Waals surface area (Å²) in [6.45, 7) is 6.15. The van der Waals surface area contributed by atoms with Gasteiger partial charge in [-0.1, -0.05) is 36.4 Å². The van der Waals surface area contributed by atoms with Gasteiger partial charge in [-0.15, -0.1) is 0 Å². The molecule has 2 aromatic rings. The van der Waals surface area contributed by atoms with Crippen LogP contribution in [-0.2, 0) is 44.7 Å². The average Bonchev–Trinajstić information content (AvgIpc) is 3.10. The third-order valence-corrected chi connectivity index (χ3v) is 7.15. The molecule has 0 unspecified atom stereocenters. The van der Waals surface area contributed by atoms with E-state index in [1.54, 1.807) is 31.7 Å². The summed E-state index contributed by atoms with van der Waals surface area (Å²) >= 11 is 0. The Balaban J connectivity index is 1.69. The van der Waals surface area contributed by atoms with Crippen molar-refractivity contribution in [2.75, 3.05) is 30.1 Å². The van der Waals surface area contributed by atoms with E-state index < -0.39 is 35.6 Å². The Bertz CT molecular complexity index is 1150. The van der Waals surface area contributed by atoms with Gasteiger partial charge < -0.3 is 25.0 Å². The Morgan fingerprint density at radius 2 is 1.82 bits per heavy atom. The van der Waals surface area contributed by atoms with Crippen molar-refractivity contribution in [1.29, 1.82) is 0 Å². The molecular formula is C29H39FN3O5S+. The molecule has 10 heteroatoms. The summed E-state index contributed by atoms with van der Waals surface area (Å²) in [4.78, 5) is 39.8. The first-order valence-electron chi connectivity index (χ1n) is 13.0. The van der Waals surface area contributed by atoms with Crippen LogP contribution < -0.4 is 10.6 Å². The maximum Gasteiger partial charge on any atom is 0.410 e. The molecule has 3 amide bonds.